The second-order valence-corrected chi connectivity index (χ2v) is 6.65. The second kappa shape index (κ2) is 5.05. The first-order valence-corrected chi connectivity index (χ1v) is 7.99. The van der Waals surface area contributed by atoms with E-state index in [0.717, 1.165) is 5.56 Å². The molecule has 1 aliphatic rings. The van der Waals surface area contributed by atoms with Gasteiger partial charge in [-0.05, 0) is 29.8 Å². The highest BCUT2D eigenvalue weighted by atomic mass is 35.5. The SMILES string of the molecule is Nc1ccc(CN2C=NS(=O)(=O)c3ccccc32)c(Cl)c1. The molecule has 0 fully saturated rings. The van der Waals surface area contributed by atoms with Crippen molar-refractivity contribution in [3.8, 4) is 0 Å². The van der Waals surface area contributed by atoms with Crippen LogP contribution >= 0.6 is 11.6 Å². The van der Waals surface area contributed by atoms with Crippen LogP contribution in [-0.4, -0.2) is 14.8 Å². The van der Waals surface area contributed by atoms with E-state index in [2.05, 4.69) is 4.40 Å². The molecule has 0 aromatic heterocycles. The molecule has 2 N–H and O–H groups in total. The Bertz CT molecular complexity index is 834. The van der Waals surface area contributed by atoms with E-state index in [9.17, 15) is 8.42 Å². The number of fused-ring (bicyclic) bond motifs is 1. The number of para-hydroxylation sites is 1. The minimum absolute atomic E-state index is 0.194. The number of anilines is 2. The van der Waals surface area contributed by atoms with Crippen LogP contribution in [0.4, 0.5) is 11.4 Å². The Morgan fingerprint density at radius 3 is 2.71 bits per heavy atom. The van der Waals surface area contributed by atoms with Gasteiger partial charge in [0.2, 0.25) is 0 Å². The van der Waals surface area contributed by atoms with Gasteiger partial charge in [-0.15, -0.1) is 4.40 Å². The number of nitrogens with zero attached hydrogens (tertiary/aromatic N) is 2. The van der Waals surface area contributed by atoms with Crippen LogP contribution in [-0.2, 0) is 16.6 Å². The molecule has 5 nitrogen and oxygen atoms in total. The highest BCUT2D eigenvalue weighted by Crippen LogP contribution is 2.31. The minimum Gasteiger partial charge on any atom is -0.399 e. The Kier molecular flexibility index (Phi) is 3.35. The monoisotopic (exact) mass is 321 g/mol. The third-order valence-electron chi connectivity index (χ3n) is 3.20. The predicted octanol–water partition coefficient (Wildman–Crippen LogP) is 2.66. The first kappa shape index (κ1) is 13.9. The van der Waals surface area contributed by atoms with Crippen molar-refractivity contribution in [3.05, 3.63) is 53.1 Å². The van der Waals surface area contributed by atoms with Crippen LogP contribution in [0.2, 0.25) is 5.02 Å². The molecule has 0 unspecified atom stereocenters. The van der Waals surface area contributed by atoms with Crippen LogP contribution in [0.25, 0.3) is 0 Å². The summed E-state index contributed by atoms with van der Waals surface area (Å²) in [5.41, 5.74) is 7.67. The van der Waals surface area contributed by atoms with Crippen molar-refractivity contribution < 1.29 is 8.42 Å². The molecule has 0 amide bonds. The molecule has 21 heavy (non-hydrogen) atoms. The molecule has 0 bridgehead atoms. The Labute approximate surface area is 127 Å². The number of hydrogen-bond acceptors (Lipinski definition) is 4. The lowest BCUT2D eigenvalue weighted by atomic mass is 10.2. The Morgan fingerprint density at radius 1 is 1.19 bits per heavy atom. The van der Waals surface area contributed by atoms with Crippen LogP contribution in [0.5, 0.6) is 0 Å². The zero-order chi connectivity index (χ0) is 15.0. The van der Waals surface area contributed by atoms with Crippen LogP contribution in [0.15, 0.2) is 51.8 Å². The lowest BCUT2D eigenvalue weighted by Gasteiger charge is -2.25. The summed E-state index contributed by atoms with van der Waals surface area (Å²) in [5, 5.41) is 0.536. The molecule has 0 atom stereocenters. The van der Waals surface area contributed by atoms with Gasteiger partial charge < -0.3 is 10.6 Å². The van der Waals surface area contributed by atoms with Crippen molar-refractivity contribution in [2.24, 2.45) is 4.40 Å². The van der Waals surface area contributed by atoms with Gasteiger partial charge in [-0.1, -0.05) is 29.8 Å². The molecule has 0 aliphatic carbocycles. The molecule has 108 valence electrons. The van der Waals surface area contributed by atoms with Crippen molar-refractivity contribution in [1.29, 1.82) is 0 Å². The summed E-state index contributed by atoms with van der Waals surface area (Å²) in [6, 6.07) is 12.0. The molecule has 2 aromatic rings. The second-order valence-electron chi connectivity index (χ2n) is 4.64. The third kappa shape index (κ3) is 2.59. The van der Waals surface area contributed by atoms with Crippen LogP contribution in [0.3, 0.4) is 0 Å². The molecule has 0 radical (unpaired) electrons. The molecule has 3 rings (SSSR count). The third-order valence-corrected chi connectivity index (χ3v) is 4.82. The number of nitrogens with two attached hydrogens (primary N) is 1. The molecular formula is C14H12ClN3O2S. The van der Waals surface area contributed by atoms with Gasteiger partial charge in [0.25, 0.3) is 10.0 Å². The zero-order valence-corrected chi connectivity index (χ0v) is 12.5. The average Bonchev–Trinajstić information content (AvgIpc) is 2.45. The van der Waals surface area contributed by atoms with E-state index in [0.29, 0.717) is 22.9 Å². The fraction of sp³-hybridized carbons (Fsp3) is 0.0714. The summed E-state index contributed by atoms with van der Waals surface area (Å²) in [7, 11) is -3.61. The Morgan fingerprint density at radius 2 is 1.95 bits per heavy atom. The van der Waals surface area contributed by atoms with Crippen LogP contribution in [0.1, 0.15) is 5.56 Å². The first-order chi connectivity index (χ1) is 9.97. The zero-order valence-electron chi connectivity index (χ0n) is 10.9. The first-order valence-electron chi connectivity index (χ1n) is 6.17. The fourth-order valence-electron chi connectivity index (χ4n) is 2.15. The molecule has 0 saturated heterocycles. The summed E-state index contributed by atoms with van der Waals surface area (Å²) in [6.45, 7) is 0.412. The summed E-state index contributed by atoms with van der Waals surface area (Å²) in [6.07, 6.45) is 1.31. The fourth-order valence-corrected chi connectivity index (χ4v) is 3.45. The van der Waals surface area contributed by atoms with Gasteiger partial charge in [0.15, 0.2) is 0 Å². The summed E-state index contributed by atoms with van der Waals surface area (Å²) in [4.78, 5) is 1.94. The predicted molar refractivity (Wildman–Crippen MR) is 84.2 cm³/mol. The van der Waals surface area contributed by atoms with Gasteiger partial charge in [0.1, 0.15) is 11.2 Å². The molecule has 7 heteroatoms. The highest BCUT2D eigenvalue weighted by Gasteiger charge is 2.25. The summed E-state index contributed by atoms with van der Waals surface area (Å²) >= 11 is 6.16. The molecular weight excluding hydrogens is 310 g/mol. The van der Waals surface area contributed by atoms with Crippen molar-refractivity contribution in [2.45, 2.75) is 11.4 Å². The van der Waals surface area contributed by atoms with Crippen molar-refractivity contribution in [3.63, 3.8) is 0 Å². The van der Waals surface area contributed by atoms with Crippen LogP contribution < -0.4 is 10.6 Å². The quantitative estimate of drug-likeness (QED) is 0.863. The topological polar surface area (TPSA) is 75.8 Å². The van der Waals surface area contributed by atoms with E-state index in [1.54, 1.807) is 41.3 Å². The molecule has 2 aromatic carbocycles. The van der Waals surface area contributed by atoms with Gasteiger partial charge in [0.05, 0.1) is 12.2 Å². The maximum Gasteiger partial charge on any atom is 0.285 e. The van der Waals surface area contributed by atoms with E-state index in [4.69, 9.17) is 17.3 Å². The standard InChI is InChI=1S/C14H12ClN3O2S/c15-12-7-11(16)6-5-10(12)8-18-9-17-21(19,20)14-4-2-1-3-13(14)18/h1-7,9H,8,16H2. The molecule has 0 spiro atoms. The molecule has 1 aliphatic heterocycles. The van der Waals surface area contributed by atoms with Gasteiger partial charge in [0, 0.05) is 10.7 Å². The highest BCUT2D eigenvalue weighted by molar-refractivity contribution is 7.90. The Hall–Kier alpha value is -2.05. The van der Waals surface area contributed by atoms with E-state index in [1.165, 1.54) is 6.34 Å². The summed E-state index contributed by atoms with van der Waals surface area (Å²) < 4.78 is 27.5. The number of nitrogen functional groups attached to an aromatic ring is 1. The van der Waals surface area contributed by atoms with E-state index < -0.39 is 10.0 Å². The molecule has 1 heterocycles. The van der Waals surface area contributed by atoms with Gasteiger partial charge in [-0.2, -0.15) is 8.42 Å². The lowest BCUT2D eigenvalue weighted by Crippen LogP contribution is -2.26. The molecule has 0 saturated carbocycles. The number of rotatable bonds is 2. The van der Waals surface area contributed by atoms with Gasteiger partial charge >= 0.3 is 0 Å². The maximum absolute atomic E-state index is 11.9. The maximum atomic E-state index is 11.9. The van der Waals surface area contributed by atoms with Gasteiger partial charge in [-0.3, -0.25) is 0 Å². The van der Waals surface area contributed by atoms with Crippen LogP contribution in [0, 0.1) is 0 Å². The lowest BCUT2D eigenvalue weighted by molar-refractivity contribution is 0.597. The van der Waals surface area contributed by atoms with E-state index >= 15 is 0 Å². The summed E-state index contributed by atoms with van der Waals surface area (Å²) in [5.74, 6) is 0. The smallest absolute Gasteiger partial charge is 0.285 e. The Balaban J connectivity index is 2.01. The number of hydrogen-bond donors (Lipinski definition) is 1. The van der Waals surface area contributed by atoms with Crippen molar-refractivity contribution >= 4 is 39.3 Å². The van der Waals surface area contributed by atoms with Crippen molar-refractivity contribution in [2.75, 3.05) is 10.6 Å². The normalized spacial score (nSPS) is 15.8. The average molecular weight is 322 g/mol. The van der Waals surface area contributed by atoms with Gasteiger partial charge in [-0.25, -0.2) is 0 Å². The van der Waals surface area contributed by atoms with E-state index in [-0.39, 0.29) is 4.90 Å². The largest absolute Gasteiger partial charge is 0.399 e. The number of halogens is 1. The minimum atomic E-state index is -3.61. The van der Waals surface area contributed by atoms with E-state index in [1.807, 2.05) is 6.07 Å². The number of benzene rings is 2. The number of sulfonamides is 1. The van der Waals surface area contributed by atoms with Crippen molar-refractivity contribution in [1.82, 2.24) is 0 Å².